The van der Waals surface area contributed by atoms with Crippen LogP contribution in [-0.2, 0) is 6.54 Å². The van der Waals surface area contributed by atoms with Crippen molar-refractivity contribution >= 4 is 0 Å². The van der Waals surface area contributed by atoms with Crippen molar-refractivity contribution < 1.29 is 4.42 Å². The molecular weight excluding hydrogens is 214 g/mol. The number of nitrogens with one attached hydrogen (secondary N) is 1. The third kappa shape index (κ3) is 3.09. The summed E-state index contributed by atoms with van der Waals surface area (Å²) in [6.45, 7) is 6.44. The van der Waals surface area contributed by atoms with Crippen molar-refractivity contribution in [1.29, 1.82) is 0 Å². The second-order valence-electron chi connectivity index (χ2n) is 5.01. The highest BCUT2D eigenvalue weighted by atomic mass is 16.3. The summed E-state index contributed by atoms with van der Waals surface area (Å²) in [4.78, 5) is 4.95. The molecule has 1 aromatic heterocycles. The predicted molar refractivity (Wildman–Crippen MR) is 68.9 cm³/mol. The quantitative estimate of drug-likeness (QED) is 0.847. The molecule has 96 valence electrons. The van der Waals surface area contributed by atoms with Crippen molar-refractivity contribution in [3.8, 4) is 0 Å². The van der Waals surface area contributed by atoms with E-state index >= 15 is 0 Å². The van der Waals surface area contributed by atoms with Crippen LogP contribution in [0.4, 0.5) is 0 Å². The number of likely N-dealkylation sites (N-methyl/N-ethyl adjacent to an activating group) is 2. The van der Waals surface area contributed by atoms with Crippen molar-refractivity contribution in [2.75, 3.05) is 33.7 Å². The molecule has 1 N–H and O–H groups in total. The van der Waals surface area contributed by atoms with Crippen LogP contribution >= 0.6 is 0 Å². The number of hydrogen-bond acceptors (Lipinski definition) is 4. The molecule has 2 heterocycles. The van der Waals surface area contributed by atoms with Gasteiger partial charge in [0.05, 0.1) is 12.8 Å². The van der Waals surface area contributed by atoms with E-state index in [0.717, 1.165) is 31.9 Å². The van der Waals surface area contributed by atoms with Crippen LogP contribution in [-0.4, -0.2) is 55.6 Å². The molecule has 1 fully saturated rings. The van der Waals surface area contributed by atoms with Gasteiger partial charge in [-0.3, -0.25) is 4.90 Å². The number of hydrogen-bond donors (Lipinski definition) is 1. The van der Waals surface area contributed by atoms with E-state index < -0.39 is 0 Å². The minimum absolute atomic E-state index is 0.561. The molecule has 1 aliphatic heterocycles. The van der Waals surface area contributed by atoms with Gasteiger partial charge in [0.2, 0.25) is 0 Å². The first kappa shape index (κ1) is 12.6. The van der Waals surface area contributed by atoms with Crippen LogP contribution in [0.5, 0.6) is 0 Å². The van der Waals surface area contributed by atoms with Crippen LogP contribution in [0, 0.1) is 0 Å². The van der Waals surface area contributed by atoms with Crippen LogP contribution in [0.15, 0.2) is 22.8 Å². The third-order valence-electron chi connectivity index (χ3n) is 3.65. The van der Waals surface area contributed by atoms with Gasteiger partial charge in [0.25, 0.3) is 0 Å². The van der Waals surface area contributed by atoms with E-state index in [2.05, 4.69) is 35.2 Å². The van der Waals surface area contributed by atoms with E-state index in [0.29, 0.717) is 12.1 Å². The summed E-state index contributed by atoms with van der Waals surface area (Å²) in [6.07, 6.45) is 1.75. The Morgan fingerprint density at radius 2 is 2.29 bits per heavy atom. The van der Waals surface area contributed by atoms with Crippen molar-refractivity contribution in [2.24, 2.45) is 0 Å². The normalized spacial score (nSPS) is 27.5. The lowest BCUT2D eigenvalue weighted by Crippen LogP contribution is -2.58. The van der Waals surface area contributed by atoms with E-state index in [9.17, 15) is 0 Å². The molecule has 17 heavy (non-hydrogen) atoms. The Balaban J connectivity index is 2.01. The molecule has 1 saturated heterocycles. The highest BCUT2D eigenvalue weighted by Crippen LogP contribution is 2.16. The van der Waals surface area contributed by atoms with Crippen LogP contribution in [0.2, 0.25) is 0 Å². The fraction of sp³-hybridized carbons (Fsp3) is 0.692. The zero-order valence-corrected chi connectivity index (χ0v) is 11.0. The van der Waals surface area contributed by atoms with Crippen molar-refractivity contribution in [1.82, 2.24) is 15.1 Å². The highest BCUT2D eigenvalue weighted by molar-refractivity contribution is 5.00. The van der Waals surface area contributed by atoms with Gasteiger partial charge in [-0.15, -0.1) is 0 Å². The maximum absolute atomic E-state index is 5.45. The lowest BCUT2D eigenvalue weighted by Gasteiger charge is -2.43. The van der Waals surface area contributed by atoms with Gasteiger partial charge in [0.15, 0.2) is 0 Å². The molecule has 0 bridgehead atoms. The number of nitrogens with zero attached hydrogens (tertiary/aromatic N) is 2. The van der Waals surface area contributed by atoms with E-state index in [1.807, 2.05) is 13.1 Å². The van der Waals surface area contributed by atoms with E-state index in [-0.39, 0.29) is 0 Å². The smallest absolute Gasteiger partial charge is 0.117 e. The van der Waals surface area contributed by atoms with Crippen LogP contribution in [0.3, 0.4) is 0 Å². The molecule has 0 aliphatic carbocycles. The average Bonchev–Trinajstić information content (AvgIpc) is 2.78. The fourth-order valence-corrected chi connectivity index (χ4v) is 2.48. The second-order valence-corrected chi connectivity index (χ2v) is 5.01. The molecule has 2 unspecified atom stereocenters. The fourth-order valence-electron chi connectivity index (χ4n) is 2.48. The number of furan rings is 1. The van der Waals surface area contributed by atoms with Gasteiger partial charge < -0.3 is 14.6 Å². The van der Waals surface area contributed by atoms with Gasteiger partial charge in [-0.05, 0) is 33.2 Å². The number of piperazine rings is 1. The Bertz CT molecular complexity index is 325. The SMILES string of the molecule is CNCC1CN(C)C(C)CN1Cc1ccco1. The van der Waals surface area contributed by atoms with Crippen molar-refractivity contribution in [2.45, 2.75) is 25.6 Å². The molecule has 0 amide bonds. The van der Waals surface area contributed by atoms with Gasteiger partial charge in [-0.25, -0.2) is 0 Å². The Labute approximate surface area is 104 Å². The third-order valence-corrected chi connectivity index (χ3v) is 3.65. The average molecular weight is 237 g/mol. The first-order valence-corrected chi connectivity index (χ1v) is 6.32. The summed E-state index contributed by atoms with van der Waals surface area (Å²) in [5, 5.41) is 3.28. The molecule has 0 spiro atoms. The summed E-state index contributed by atoms with van der Waals surface area (Å²) >= 11 is 0. The maximum atomic E-state index is 5.45. The minimum atomic E-state index is 0.561. The van der Waals surface area contributed by atoms with Crippen molar-refractivity contribution in [3.05, 3.63) is 24.2 Å². The lowest BCUT2D eigenvalue weighted by molar-refractivity contribution is 0.0424. The van der Waals surface area contributed by atoms with E-state index in [4.69, 9.17) is 4.42 Å². The minimum Gasteiger partial charge on any atom is -0.468 e. The zero-order valence-electron chi connectivity index (χ0n) is 11.0. The molecule has 4 nitrogen and oxygen atoms in total. The molecule has 2 atom stereocenters. The standard InChI is InChI=1S/C13H23N3O/c1-11-8-16(10-13-5-4-6-17-13)12(7-14-2)9-15(11)3/h4-6,11-12,14H,7-10H2,1-3H3. The molecule has 0 radical (unpaired) electrons. The van der Waals surface area contributed by atoms with Gasteiger partial charge in [-0.2, -0.15) is 0 Å². The van der Waals surface area contributed by atoms with E-state index in [1.165, 1.54) is 0 Å². The second kappa shape index (κ2) is 5.67. The van der Waals surface area contributed by atoms with Gasteiger partial charge in [0.1, 0.15) is 5.76 Å². The first-order valence-electron chi connectivity index (χ1n) is 6.32. The van der Waals surface area contributed by atoms with Crippen molar-refractivity contribution in [3.63, 3.8) is 0 Å². The summed E-state index contributed by atoms with van der Waals surface area (Å²) in [5.41, 5.74) is 0. The van der Waals surface area contributed by atoms with E-state index in [1.54, 1.807) is 6.26 Å². The molecule has 1 aromatic rings. The van der Waals surface area contributed by atoms with Gasteiger partial charge >= 0.3 is 0 Å². The summed E-state index contributed by atoms with van der Waals surface area (Å²) in [5.74, 6) is 1.06. The Hall–Kier alpha value is -0.840. The maximum Gasteiger partial charge on any atom is 0.117 e. The monoisotopic (exact) mass is 237 g/mol. The first-order chi connectivity index (χ1) is 8.20. The topological polar surface area (TPSA) is 31.6 Å². The number of rotatable bonds is 4. The summed E-state index contributed by atoms with van der Waals surface area (Å²) < 4.78 is 5.45. The molecule has 2 rings (SSSR count). The van der Waals surface area contributed by atoms with Crippen LogP contribution < -0.4 is 5.32 Å². The summed E-state index contributed by atoms with van der Waals surface area (Å²) in [7, 11) is 4.22. The lowest BCUT2D eigenvalue weighted by atomic mass is 10.1. The molecule has 0 aromatic carbocycles. The molecule has 0 saturated carbocycles. The highest BCUT2D eigenvalue weighted by Gasteiger charge is 2.29. The van der Waals surface area contributed by atoms with Gasteiger partial charge in [-0.1, -0.05) is 0 Å². The largest absolute Gasteiger partial charge is 0.468 e. The summed E-state index contributed by atoms with van der Waals surface area (Å²) in [6, 6.07) is 5.19. The molecular formula is C13H23N3O. The molecule has 1 aliphatic rings. The Morgan fingerprint density at radius 1 is 1.47 bits per heavy atom. The Kier molecular flexibility index (Phi) is 4.20. The van der Waals surface area contributed by atoms with Gasteiger partial charge in [0, 0.05) is 31.7 Å². The van der Waals surface area contributed by atoms with Crippen LogP contribution in [0.25, 0.3) is 0 Å². The predicted octanol–water partition coefficient (Wildman–Crippen LogP) is 1.00. The Morgan fingerprint density at radius 3 is 2.94 bits per heavy atom. The van der Waals surface area contributed by atoms with Crippen LogP contribution in [0.1, 0.15) is 12.7 Å². The zero-order chi connectivity index (χ0) is 12.3. The molecule has 4 heteroatoms.